The Morgan fingerprint density at radius 2 is 1.60 bits per heavy atom. The SMILES string of the molecule is CCCCN(CCCC)C(=O)c1cn(CCN2CCN(C)CC2)c(-c2ccc(C(=O)O)cc2C(=O)N2Cc3ccccc3C[C@H]2CO[Si](C)(C)C(C)(C)C)n1. The Balaban J connectivity index is 1.58. The number of amides is 2. The molecule has 2 aliphatic rings. The first kappa shape index (κ1) is 42.3. The van der Waals surface area contributed by atoms with Gasteiger partial charge in [0.25, 0.3) is 11.8 Å². The maximum absolute atomic E-state index is 15.1. The number of likely N-dealkylation sites (N-methyl/N-ethyl adjacent to an activating group) is 1. The third-order valence-electron chi connectivity index (χ3n) is 11.9. The Morgan fingerprint density at radius 3 is 2.22 bits per heavy atom. The molecule has 11 nitrogen and oxygen atoms in total. The van der Waals surface area contributed by atoms with Crippen molar-refractivity contribution >= 4 is 26.1 Å². The summed E-state index contributed by atoms with van der Waals surface area (Å²) in [6, 6.07) is 12.7. The average Bonchev–Trinajstić information content (AvgIpc) is 3.59. The lowest BCUT2D eigenvalue weighted by atomic mass is 9.92. The van der Waals surface area contributed by atoms with Gasteiger partial charge in [0.2, 0.25) is 0 Å². The molecule has 0 saturated carbocycles. The summed E-state index contributed by atoms with van der Waals surface area (Å²) >= 11 is 0. The van der Waals surface area contributed by atoms with Gasteiger partial charge in [0, 0.05) is 70.7 Å². The first-order chi connectivity index (χ1) is 26.1. The second-order valence-corrected chi connectivity index (χ2v) is 21.8. The molecule has 5 rings (SSSR count). The molecule has 0 radical (unpaired) electrons. The quantitative estimate of drug-likeness (QED) is 0.153. The Labute approximate surface area is 329 Å². The summed E-state index contributed by atoms with van der Waals surface area (Å²) in [6.45, 7) is 22.6. The van der Waals surface area contributed by atoms with Gasteiger partial charge in [0.15, 0.2) is 8.32 Å². The van der Waals surface area contributed by atoms with Gasteiger partial charge in [0.1, 0.15) is 11.5 Å². The van der Waals surface area contributed by atoms with Crippen LogP contribution >= 0.6 is 0 Å². The summed E-state index contributed by atoms with van der Waals surface area (Å²) in [5.41, 5.74) is 3.40. The fourth-order valence-corrected chi connectivity index (χ4v) is 8.14. The van der Waals surface area contributed by atoms with E-state index >= 15 is 4.79 Å². The molecule has 3 aromatic rings. The van der Waals surface area contributed by atoms with Crippen LogP contribution in [0.2, 0.25) is 18.1 Å². The number of aromatic nitrogens is 2. The van der Waals surface area contributed by atoms with E-state index in [1.165, 1.54) is 17.7 Å². The fraction of sp³-hybridized carbons (Fsp3) is 0.581. The van der Waals surface area contributed by atoms with E-state index in [1.54, 1.807) is 6.07 Å². The standard InChI is InChI=1S/C43H64N6O5Si/c1-9-11-19-47(20-12-10-2)41(51)38-30-48(26-25-46-23-21-45(6)22-24-46)39(44-38)36-18-17-33(42(52)53)28-37(36)40(50)49-29-34-16-14-13-15-32(34)27-35(49)31-54-55(7,8)43(3,4)5/h13-18,28,30,35H,9-12,19-27,29,31H2,1-8H3,(H,52,53)/t35-/m0/s1. The highest BCUT2D eigenvalue weighted by Crippen LogP contribution is 2.38. The number of aromatic carboxylic acids is 1. The third kappa shape index (κ3) is 10.3. The van der Waals surface area contributed by atoms with Crippen molar-refractivity contribution in [3.05, 3.63) is 76.6 Å². The highest BCUT2D eigenvalue weighted by atomic mass is 28.4. The van der Waals surface area contributed by atoms with Gasteiger partial charge in [-0.1, -0.05) is 71.7 Å². The number of carbonyl (C=O) groups excluding carboxylic acids is 2. The molecule has 1 N–H and O–H groups in total. The van der Waals surface area contributed by atoms with Crippen LogP contribution in [-0.4, -0.2) is 126 Å². The van der Waals surface area contributed by atoms with Gasteiger partial charge < -0.3 is 28.8 Å². The molecule has 2 amide bonds. The van der Waals surface area contributed by atoms with Crippen molar-refractivity contribution in [1.82, 2.24) is 29.2 Å². The average molecular weight is 773 g/mol. The zero-order valence-electron chi connectivity index (χ0n) is 34.6. The normalized spacial score (nSPS) is 16.9. The number of carbonyl (C=O) groups is 3. The minimum absolute atomic E-state index is 0.00357. The summed E-state index contributed by atoms with van der Waals surface area (Å²) in [6.07, 6.45) is 6.23. The number of piperazine rings is 1. The summed E-state index contributed by atoms with van der Waals surface area (Å²) < 4.78 is 8.75. The van der Waals surface area contributed by atoms with Crippen LogP contribution < -0.4 is 0 Å². The van der Waals surface area contributed by atoms with Gasteiger partial charge in [-0.2, -0.15) is 0 Å². The van der Waals surface area contributed by atoms with Gasteiger partial charge in [0.05, 0.1) is 23.8 Å². The number of unbranched alkanes of at least 4 members (excludes halogenated alkanes) is 2. The predicted octanol–water partition coefficient (Wildman–Crippen LogP) is 7.13. The molecule has 3 heterocycles. The molecule has 0 unspecified atom stereocenters. The van der Waals surface area contributed by atoms with Crippen molar-refractivity contribution in [1.29, 1.82) is 0 Å². The van der Waals surface area contributed by atoms with E-state index in [0.29, 0.717) is 56.3 Å². The van der Waals surface area contributed by atoms with Gasteiger partial charge in [-0.15, -0.1) is 0 Å². The maximum atomic E-state index is 15.1. The molecular weight excluding hydrogens is 709 g/mol. The van der Waals surface area contributed by atoms with Crippen molar-refractivity contribution in [2.75, 3.05) is 59.5 Å². The Kier molecular flexibility index (Phi) is 14.2. The maximum Gasteiger partial charge on any atom is 0.335 e. The summed E-state index contributed by atoms with van der Waals surface area (Å²) in [5.74, 6) is -1.01. The van der Waals surface area contributed by atoms with Gasteiger partial charge in [-0.3, -0.25) is 14.5 Å². The molecule has 300 valence electrons. The minimum atomic E-state index is -2.15. The number of benzene rings is 2. The number of nitrogens with zero attached hydrogens (tertiary/aromatic N) is 6. The Bertz CT molecular complexity index is 1790. The lowest BCUT2D eigenvalue weighted by Crippen LogP contribution is -2.50. The second-order valence-electron chi connectivity index (χ2n) is 17.0. The number of hydrogen-bond acceptors (Lipinski definition) is 7. The number of imidazole rings is 1. The van der Waals surface area contributed by atoms with E-state index in [2.05, 4.69) is 76.7 Å². The first-order valence-electron chi connectivity index (χ1n) is 20.3. The largest absolute Gasteiger partial charge is 0.478 e. The van der Waals surface area contributed by atoms with E-state index in [1.807, 2.05) is 32.7 Å². The summed E-state index contributed by atoms with van der Waals surface area (Å²) in [5, 5.41) is 10.2. The molecule has 0 bridgehead atoms. The highest BCUT2D eigenvalue weighted by molar-refractivity contribution is 6.74. The molecule has 2 aliphatic heterocycles. The molecule has 2 aromatic carbocycles. The van der Waals surface area contributed by atoms with Crippen LogP contribution in [0.15, 0.2) is 48.7 Å². The van der Waals surface area contributed by atoms with Gasteiger partial charge in [-0.05, 0) is 73.8 Å². The van der Waals surface area contributed by atoms with E-state index in [0.717, 1.165) is 64.0 Å². The van der Waals surface area contributed by atoms with Crippen LogP contribution in [0.3, 0.4) is 0 Å². The molecule has 12 heteroatoms. The summed E-state index contributed by atoms with van der Waals surface area (Å²) in [4.78, 5) is 55.2. The number of fused-ring (bicyclic) bond motifs is 1. The van der Waals surface area contributed by atoms with Crippen molar-refractivity contribution in [3.8, 4) is 11.4 Å². The monoisotopic (exact) mass is 772 g/mol. The smallest absolute Gasteiger partial charge is 0.335 e. The number of hydrogen-bond donors (Lipinski definition) is 1. The van der Waals surface area contributed by atoms with E-state index < -0.39 is 14.3 Å². The van der Waals surface area contributed by atoms with Crippen LogP contribution in [0.1, 0.15) is 103 Å². The lowest BCUT2D eigenvalue weighted by Gasteiger charge is -2.41. The zero-order valence-corrected chi connectivity index (χ0v) is 35.6. The molecule has 1 saturated heterocycles. The molecule has 55 heavy (non-hydrogen) atoms. The highest BCUT2D eigenvalue weighted by Gasteiger charge is 2.40. The number of carboxylic acid groups (broad SMARTS) is 1. The van der Waals surface area contributed by atoms with Crippen LogP contribution in [0.5, 0.6) is 0 Å². The molecule has 1 fully saturated rings. The first-order valence-corrected chi connectivity index (χ1v) is 23.2. The second kappa shape index (κ2) is 18.4. The van der Waals surface area contributed by atoms with Crippen LogP contribution in [-0.2, 0) is 23.9 Å². The van der Waals surface area contributed by atoms with E-state index in [4.69, 9.17) is 9.41 Å². The van der Waals surface area contributed by atoms with E-state index in [-0.39, 0.29) is 34.0 Å². The number of carboxylic acids is 1. The van der Waals surface area contributed by atoms with Crippen molar-refractivity contribution in [3.63, 3.8) is 0 Å². The molecule has 0 spiro atoms. The summed E-state index contributed by atoms with van der Waals surface area (Å²) in [7, 11) is -0.0176. The van der Waals surface area contributed by atoms with Crippen LogP contribution in [0.4, 0.5) is 0 Å². The lowest BCUT2D eigenvalue weighted by molar-refractivity contribution is 0.0555. The molecule has 0 aliphatic carbocycles. The van der Waals surface area contributed by atoms with Crippen molar-refractivity contribution in [2.24, 2.45) is 0 Å². The fourth-order valence-electron chi connectivity index (χ4n) is 7.10. The minimum Gasteiger partial charge on any atom is -0.478 e. The topological polar surface area (TPSA) is 111 Å². The molecule has 1 aromatic heterocycles. The van der Waals surface area contributed by atoms with Crippen LogP contribution in [0.25, 0.3) is 11.4 Å². The zero-order chi connectivity index (χ0) is 39.9. The Hall–Kier alpha value is -3.84. The molecular formula is C43H64N6O5Si. The Morgan fingerprint density at radius 1 is 0.945 bits per heavy atom. The third-order valence-corrected chi connectivity index (χ3v) is 16.4. The van der Waals surface area contributed by atoms with Gasteiger partial charge >= 0.3 is 5.97 Å². The predicted molar refractivity (Wildman–Crippen MR) is 221 cm³/mol. The number of rotatable bonds is 16. The van der Waals surface area contributed by atoms with Gasteiger partial charge in [-0.25, -0.2) is 9.78 Å². The van der Waals surface area contributed by atoms with Crippen molar-refractivity contribution in [2.45, 2.75) is 104 Å². The van der Waals surface area contributed by atoms with E-state index in [9.17, 15) is 14.7 Å². The van der Waals surface area contributed by atoms with Crippen molar-refractivity contribution < 1.29 is 23.9 Å². The van der Waals surface area contributed by atoms with Crippen LogP contribution in [0, 0.1) is 0 Å². The molecule has 1 atom stereocenters.